The molecule has 0 radical (unpaired) electrons. The van der Waals surface area contributed by atoms with Crippen LogP contribution < -0.4 is 5.32 Å². The second-order valence-corrected chi connectivity index (χ2v) is 5.83. The van der Waals surface area contributed by atoms with Gasteiger partial charge in [-0.1, -0.05) is 17.7 Å². The van der Waals surface area contributed by atoms with Crippen molar-refractivity contribution in [2.75, 3.05) is 19.0 Å². The molecule has 1 aromatic carbocycles. The fraction of sp³-hybridized carbons (Fsp3) is 0.385. The molecular weight excluding hydrogens is 364 g/mol. The smallest absolute Gasteiger partial charge is 0.326 e. The highest BCUT2D eigenvalue weighted by atomic mass is 79.9. The Kier molecular flexibility index (Phi) is 5.08. The zero-order chi connectivity index (χ0) is 15.6. The minimum atomic E-state index is -1.05. The topological polar surface area (TPSA) is 78.9 Å². The first kappa shape index (κ1) is 16.1. The Bertz CT molecular complexity index is 569. The van der Waals surface area contributed by atoms with E-state index < -0.39 is 18.0 Å². The molecule has 2 unspecified atom stereocenters. The third-order valence-corrected chi connectivity index (χ3v) is 4.73. The molecule has 0 bridgehead atoms. The first-order chi connectivity index (χ1) is 9.93. The number of likely N-dealkylation sites (tertiary alicyclic amines) is 1. The average Bonchev–Trinajstić information content (AvgIpc) is 2.88. The van der Waals surface area contributed by atoms with E-state index in [0.29, 0.717) is 15.2 Å². The van der Waals surface area contributed by atoms with Crippen molar-refractivity contribution < 1.29 is 19.4 Å². The molecule has 0 saturated carbocycles. The van der Waals surface area contributed by atoms with E-state index in [1.807, 2.05) is 0 Å². The van der Waals surface area contributed by atoms with Gasteiger partial charge in [-0.2, -0.15) is 0 Å². The molecule has 1 aliphatic heterocycles. The Labute approximate surface area is 135 Å². The molecule has 1 saturated heterocycles. The highest BCUT2D eigenvalue weighted by Gasteiger charge is 2.40. The Hall–Kier alpha value is -1.31. The SMILES string of the molecule is COC1CC(C(=O)O)N(C(=O)Nc2cccc(Cl)c2Br)C1. The second-order valence-electron chi connectivity index (χ2n) is 4.63. The van der Waals surface area contributed by atoms with Crippen LogP contribution in [0.2, 0.25) is 5.02 Å². The van der Waals surface area contributed by atoms with Crippen molar-refractivity contribution in [3.8, 4) is 0 Å². The predicted molar refractivity (Wildman–Crippen MR) is 81.7 cm³/mol. The summed E-state index contributed by atoms with van der Waals surface area (Å²) >= 11 is 9.24. The summed E-state index contributed by atoms with van der Waals surface area (Å²) in [6, 6.07) is 3.66. The zero-order valence-electron chi connectivity index (χ0n) is 11.2. The maximum Gasteiger partial charge on any atom is 0.326 e. The Morgan fingerprint density at radius 2 is 2.24 bits per heavy atom. The number of ether oxygens (including phenoxy) is 1. The van der Waals surface area contributed by atoms with Crippen LogP contribution in [-0.4, -0.2) is 47.8 Å². The monoisotopic (exact) mass is 376 g/mol. The average molecular weight is 378 g/mol. The van der Waals surface area contributed by atoms with Crippen molar-refractivity contribution in [1.29, 1.82) is 0 Å². The molecule has 1 aliphatic rings. The van der Waals surface area contributed by atoms with Gasteiger partial charge in [-0.05, 0) is 28.1 Å². The summed E-state index contributed by atoms with van der Waals surface area (Å²) in [7, 11) is 1.50. The Balaban J connectivity index is 2.15. The lowest BCUT2D eigenvalue weighted by Gasteiger charge is -2.22. The van der Waals surface area contributed by atoms with E-state index in [4.69, 9.17) is 16.3 Å². The highest BCUT2D eigenvalue weighted by molar-refractivity contribution is 9.10. The first-order valence-electron chi connectivity index (χ1n) is 6.21. The summed E-state index contributed by atoms with van der Waals surface area (Å²) in [6.45, 7) is 0.234. The minimum absolute atomic E-state index is 0.234. The standard InChI is InChI=1S/C13H14BrClN2O4/c1-21-7-5-10(12(18)19)17(6-7)13(20)16-9-4-2-3-8(15)11(9)14/h2-4,7,10H,5-6H2,1H3,(H,16,20)(H,18,19). The highest BCUT2D eigenvalue weighted by Crippen LogP contribution is 2.31. The van der Waals surface area contributed by atoms with Crippen LogP contribution in [0.3, 0.4) is 0 Å². The van der Waals surface area contributed by atoms with E-state index in [2.05, 4.69) is 21.2 Å². The minimum Gasteiger partial charge on any atom is -0.480 e. The van der Waals surface area contributed by atoms with Gasteiger partial charge in [-0.15, -0.1) is 0 Å². The summed E-state index contributed by atoms with van der Waals surface area (Å²) in [5.74, 6) is -1.05. The van der Waals surface area contributed by atoms with E-state index in [9.17, 15) is 14.7 Å². The van der Waals surface area contributed by atoms with Crippen LogP contribution in [0.4, 0.5) is 10.5 Å². The molecule has 0 spiro atoms. The van der Waals surface area contributed by atoms with Gasteiger partial charge in [-0.3, -0.25) is 0 Å². The van der Waals surface area contributed by atoms with E-state index in [1.54, 1.807) is 18.2 Å². The van der Waals surface area contributed by atoms with Crippen molar-refractivity contribution in [3.05, 3.63) is 27.7 Å². The summed E-state index contributed by atoms with van der Waals surface area (Å²) in [5.41, 5.74) is 0.484. The van der Waals surface area contributed by atoms with Crippen LogP contribution in [-0.2, 0) is 9.53 Å². The van der Waals surface area contributed by atoms with Gasteiger partial charge in [0.15, 0.2) is 0 Å². The summed E-state index contributed by atoms with van der Waals surface area (Å²) in [5, 5.41) is 12.3. The van der Waals surface area contributed by atoms with Gasteiger partial charge < -0.3 is 20.1 Å². The summed E-state index contributed by atoms with van der Waals surface area (Å²) in [6.07, 6.45) is -0.00432. The number of carboxylic acid groups (broad SMARTS) is 1. The zero-order valence-corrected chi connectivity index (χ0v) is 13.5. The maximum absolute atomic E-state index is 12.3. The lowest BCUT2D eigenvalue weighted by Crippen LogP contribution is -2.43. The van der Waals surface area contributed by atoms with Gasteiger partial charge in [0, 0.05) is 20.1 Å². The quantitative estimate of drug-likeness (QED) is 0.849. The lowest BCUT2D eigenvalue weighted by molar-refractivity contribution is -0.141. The number of carbonyl (C=O) groups excluding carboxylic acids is 1. The number of amides is 2. The summed E-state index contributed by atoms with van der Waals surface area (Å²) in [4.78, 5) is 24.8. The normalized spacial score (nSPS) is 21.4. The number of aliphatic carboxylic acids is 1. The molecule has 1 fully saturated rings. The van der Waals surface area contributed by atoms with Crippen LogP contribution in [0.5, 0.6) is 0 Å². The number of rotatable bonds is 3. The van der Waals surface area contributed by atoms with Gasteiger partial charge in [0.2, 0.25) is 0 Å². The number of halogens is 2. The van der Waals surface area contributed by atoms with Crippen molar-refractivity contribution in [2.24, 2.45) is 0 Å². The van der Waals surface area contributed by atoms with Crippen molar-refractivity contribution in [3.63, 3.8) is 0 Å². The number of hydrogen-bond donors (Lipinski definition) is 2. The van der Waals surface area contributed by atoms with Gasteiger partial charge >= 0.3 is 12.0 Å². The molecule has 1 heterocycles. The number of carbonyl (C=O) groups is 2. The van der Waals surface area contributed by atoms with Gasteiger partial charge in [-0.25, -0.2) is 9.59 Å². The van der Waals surface area contributed by atoms with Crippen molar-refractivity contribution >= 4 is 45.2 Å². The molecule has 2 N–H and O–H groups in total. The van der Waals surface area contributed by atoms with Crippen LogP contribution in [0.25, 0.3) is 0 Å². The number of benzene rings is 1. The van der Waals surface area contributed by atoms with E-state index >= 15 is 0 Å². The number of nitrogens with zero attached hydrogens (tertiary/aromatic N) is 1. The lowest BCUT2D eigenvalue weighted by atomic mass is 10.2. The molecule has 0 aliphatic carbocycles. The van der Waals surface area contributed by atoms with Gasteiger partial charge in [0.25, 0.3) is 0 Å². The molecule has 2 rings (SSSR count). The molecule has 21 heavy (non-hydrogen) atoms. The number of nitrogens with one attached hydrogen (secondary N) is 1. The molecule has 6 nitrogen and oxygen atoms in total. The van der Waals surface area contributed by atoms with E-state index in [-0.39, 0.29) is 19.1 Å². The molecule has 2 atom stereocenters. The third-order valence-electron chi connectivity index (χ3n) is 3.34. The number of hydrogen-bond acceptors (Lipinski definition) is 3. The van der Waals surface area contributed by atoms with Crippen LogP contribution in [0.1, 0.15) is 6.42 Å². The predicted octanol–water partition coefficient (Wildman–Crippen LogP) is 2.81. The molecule has 114 valence electrons. The summed E-state index contributed by atoms with van der Waals surface area (Å²) < 4.78 is 5.70. The molecule has 0 aromatic heterocycles. The van der Waals surface area contributed by atoms with Crippen LogP contribution in [0.15, 0.2) is 22.7 Å². The molecular formula is C13H14BrClN2O4. The maximum atomic E-state index is 12.3. The Morgan fingerprint density at radius 1 is 1.52 bits per heavy atom. The molecule has 8 heteroatoms. The largest absolute Gasteiger partial charge is 0.480 e. The number of carboxylic acids is 1. The van der Waals surface area contributed by atoms with Crippen LogP contribution in [0, 0.1) is 0 Å². The number of urea groups is 1. The van der Waals surface area contributed by atoms with Crippen LogP contribution >= 0.6 is 27.5 Å². The Morgan fingerprint density at radius 3 is 2.86 bits per heavy atom. The van der Waals surface area contributed by atoms with E-state index in [0.717, 1.165) is 0 Å². The fourth-order valence-corrected chi connectivity index (χ4v) is 2.75. The van der Waals surface area contributed by atoms with E-state index in [1.165, 1.54) is 12.0 Å². The molecule has 1 aromatic rings. The van der Waals surface area contributed by atoms with Crippen molar-refractivity contribution in [2.45, 2.75) is 18.6 Å². The number of methoxy groups -OCH3 is 1. The van der Waals surface area contributed by atoms with Gasteiger partial charge in [0.05, 0.1) is 21.3 Å². The molecule has 2 amide bonds. The van der Waals surface area contributed by atoms with Gasteiger partial charge in [0.1, 0.15) is 6.04 Å². The van der Waals surface area contributed by atoms with Crippen molar-refractivity contribution in [1.82, 2.24) is 4.90 Å². The first-order valence-corrected chi connectivity index (χ1v) is 7.38. The second kappa shape index (κ2) is 6.64. The fourth-order valence-electron chi connectivity index (χ4n) is 2.21. The third kappa shape index (κ3) is 3.48. The number of anilines is 1.